The van der Waals surface area contributed by atoms with E-state index < -0.39 is 6.10 Å². The number of nitrogens with one attached hydrogen (secondary N) is 1. The molecule has 4 rings (SSSR count). The van der Waals surface area contributed by atoms with Crippen LogP contribution in [0.2, 0.25) is 0 Å². The summed E-state index contributed by atoms with van der Waals surface area (Å²) >= 11 is 1.48. The van der Waals surface area contributed by atoms with Crippen LogP contribution >= 0.6 is 11.3 Å². The SMILES string of the molecule is O=C(Nc1nonc1-c1cccs1)[C@H]1COc2ccccc2O1. The fourth-order valence-corrected chi connectivity index (χ4v) is 2.90. The molecule has 0 fully saturated rings. The molecule has 8 heteroatoms. The van der Waals surface area contributed by atoms with E-state index in [1.807, 2.05) is 29.6 Å². The summed E-state index contributed by atoms with van der Waals surface area (Å²) in [5, 5.41) is 12.2. The predicted octanol–water partition coefficient (Wildman–Crippen LogP) is 2.58. The molecule has 0 saturated heterocycles. The van der Waals surface area contributed by atoms with Crippen molar-refractivity contribution in [2.75, 3.05) is 11.9 Å². The first-order valence-corrected chi connectivity index (χ1v) is 7.75. The molecule has 0 saturated carbocycles. The van der Waals surface area contributed by atoms with Gasteiger partial charge >= 0.3 is 0 Å². The van der Waals surface area contributed by atoms with Crippen molar-refractivity contribution in [1.29, 1.82) is 0 Å². The minimum absolute atomic E-state index is 0.127. The number of amides is 1. The molecule has 0 bridgehead atoms. The van der Waals surface area contributed by atoms with Gasteiger partial charge in [-0.3, -0.25) is 4.79 Å². The Morgan fingerprint density at radius 3 is 2.87 bits per heavy atom. The molecule has 0 spiro atoms. The summed E-state index contributed by atoms with van der Waals surface area (Å²) in [5.41, 5.74) is 0.491. The van der Waals surface area contributed by atoms with E-state index >= 15 is 0 Å². The number of ether oxygens (including phenoxy) is 2. The van der Waals surface area contributed by atoms with E-state index in [9.17, 15) is 4.79 Å². The van der Waals surface area contributed by atoms with Gasteiger partial charge in [0.25, 0.3) is 5.91 Å². The number of fused-ring (bicyclic) bond motifs is 1. The van der Waals surface area contributed by atoms with Gasteiger partial charge in [0.2, 0.25) is 11.9 Å². The molecule has 23 heavy (non-hydrogen) atoms. The maximum Gasteiger partial charge on any atom is 0.270 e. The zero-order valence-corrected chi connectivity index (χ0v) is 12.6. The third-order valence-electron chi connectivity index (χ3n) is 3.29. The Morgan fingerprint density at radius 1 is 1.17 bits per heavy atom. The van der Waals surface area contributed by atoms with Crippen LogP contribution in [-0.2, 0) is 4.79 Å². The normalized spacial score (nSPS) is 16.1. The number of aromatic nitrogens is 2. The van der Waals surface area contributed by atoms with E-state index in [0.29, 0.717) is 17.2 Å². The molecule has 0 radical (unpaired) electrons. The van der Waals surface area contributed by atoms with E-state index in [0.717, 1.165) is 4.88 Å². The predicted molar refractivity (Wildman–Crippen MR) is 82.6 cm³/mol. The molecule has 1 aliphatic heterocycles. The van der Waals surface area contributed by atoms with Crippen molar-refractivity contribution >= 4 is 23.1 Å². The van der Waals surface area contributed by atoms with Crippen LogP contribution in [-0.4, -0.2) is 28.9 Å². The van der Waals surface area contributed by atoms with Crippen LogP contribution in [0, 0.1) is 0 Å². The lowest BCUT2D eigenvalue weighted by Crippen LogP contribution is -2.40. The van der Waals surface area contributed by atoms with Crippen LogP contribution in [0.3, 0.4) is 0 Å². The standard InChI is InChI=1S/C15H11N3O4S/c19-15(11-8-20-9-4-1-2-5-10(9)21-11)16-14-13(17-22-18-14)12-6-3-7-23-12/h1-7,11H,8H2,(H,16,18,19)/t11-/m1/s1. The molecule has 0 unspecified atom stereocenters. The van der Waals surface area contributed by atoms with Crippen LogP contribution < -0.4 is 14.8 Å². The molecular formula is C15H11N3O4S. The lowest BCUT2D eigenvalue weighted by molar-refractivity contribution is -0.125. The summed E-state index contributed by atoms with van der Waals surface area (Å²) in [6, 6.07) is 11.0. The zero-order chi connectivity index (χ0) is 15.6. The number of para-hydroxylation sites is 2. The van der Waals surface area contributed by atoms with Gasteiger partial charge in [0.05, 0.1) is 4.88 Å². The smallest absolute Gasteiger partial charge is 0.270 e. The van der Waals surface area contributed by atoms with Crippen molar-refractivity contribution in [1.82, 2.24) is 10.3 Å². The number of carbonyl (C=O) groups excluding carboxylic acids is 1. The van der Waals surface area contributed by atoms with Crippen molar-refractivity contribution < 1.29 is 18.9 Å². The summed E-state index contributed by atoms with van der Waals surface area (Å²) in [6.45, 7) is 0.127. The molecule has 1 atom stereocenters. The monoisotopic (exact) mass is 329 g/mol. The Balaban J connectivity index is 1.51. The van der Waals surface area contributed by atoms with Gasteiger partial charge in [-0.1, -0.05) is 18.2 Å². The van der Waals surface area contributed by atoms with Crippen LogP contribution in [0.4, 0.5) is 5.82 Å². The third-order valence-corrected chi connectivity index (χ3v) is 4.16. The molecule has 7 nitrogen and oxygen atoms in total. The summed E-state index contributed by atoms with van der Waals surface area (Å²) in [5.74, 6) is 1.06. The molecule has 116 valence electrons. The Bertz CT molecular complexity index is 831. The maximum absolute atomic E-state index is 12.4. The number of carbonyl (C=O) groups is 1. The molecular weight excluding hydrogens is 318 g/mol. The van der Waals surface area contributed by atoms with Crippen LogP contribution in [0.5, 0.6) is 11.5 Å². The summed E-state index contributed by atoms with van der Waals surface area (Å²) < 4.78 is 15.9. The van der Waals surface area contributed by atoms with Gasteiger partial charge in [-0.15, -0.1) is 11.3 Å². The van der Waals surface area contributed by atoms with E-state index in [1.165, 1.54) is 11.3 Å². The molecule has 1 aromatic carbocycles. The Morgan fingerprint density at radius 2 is 2.04 bits per heavy atom. The number of thiophene rings is 1. The highest BCUT2D eigenvalue weighted by Gasteiger charge is 2.29. The van der Waals surface area contributed by atoms with Gasteiger partial charge in [-0.05, 0) is 33.9 Å². The Kier molecular flexibility index (Phi) is 3.43. The highest BCUT2D eigenvalue weighted by Crippen LogP contribution is 2.32. The van der Waals surface area contributed by atoms with Crippen molar-refractivity contribution in [3.8, 4) is 22.1 Å². The number of nitrogens with zero attached hydrogens (tertiary/aromatic N) is 2. The van der Waals surface area contributed by atoms with Crippen molar-refractivity contribution in [2.45, 2.75) is 6.10 Å². The number of anilines is 1. The van der Waals surface area contributed by atoms with Gasteiger partial charge in [0.1, 0.15) is 6.61 Å². The molecule has 1 N–H and O–H groups in total. The molecule has 1 aliphatic rings. The highest BCUT2D eigenvalue weighted by atomic mass is 32.1. The number of hydrogen-bond donors (Lipinski definition) is 1. The fraction of sp³-hybridized carbons (Fsp3) is 0.133. The number of benzene rings is 1. The lowest BCUT2D eigenvalue weighted by Gasteiger charge is -2.25. The van der Waals surface area contributed by atoms with Crippen molar-refractivity contribution in [3.05, 3.63) is 41.8 Å². The van der Waals surface area contributed by atoms with E-state index in [2.05, 4.69) is 15.6 Å². The average molecular weight is 329 g/mol. The van der Waals surface area contributed by atoms with Crippen LogP contribution in [0.15, 0.2) is 46.4 Å². The summed E-state index contributed by atoms with van der Waals surface area (Å²) in [4.78, 5) is 13.2. The quantitative estimate of drug-likeness (QED) is 0.795. The van der Waals surface area contributed by atoms with E-state index in [4.69, 9.17) is 14.1 Å². The highest BCUT2D eigenvalue weighted by molar-refractivity contribution is 7.13. The first kappa shape index (κ1) is 13.8. The first-order valence-electron chi connectivity index (χ1n) is 6.87. The molecule has 3 heterocycles. The average Bonchev–Trinajstić information content (AvgIpc) is 3.25. The topological polar surface area (TPSA) is 86.5 Å². The van der Waals surface area contributed by atoms with Gasteiger partial charge in [0.15, 0.2) is 17.2 Å². The zero-order valence-electron chi connectivity index (χ0n) is 11.8. The second-order valence-electron chi connectivity index (χ2n) is 4.79. The van der Waals surface area contributed by atoms with Crippen molar-refractivity contribution in [2.24, 2.45) is 0 Å². The second kappa shape index (κ2) is 5.73. The Hall–Kier alpha value is -2.87. The number of hydrogen-bond acceptors (Lipinski definition) is 7. The van der Waals surface area contributed by atoms with Gasteiger partial charge in [-0.2, -0.15) is 0 Å². The lowest BCUT2D eigenvalue weighted by atomic mass is 10.2. The first-order chi connectivity index (χ1) is 11.3. The van der Waals surface area contributed by atoms with Gasteiger partial charge in [-0.25, -0.2) is 4.63 Å². The second-order valence-corrected chi connectivity index (χ2v) is 5.74. The summed E-state index contributed by atoms with van der Waals surface area (Å²) in [6.07, 6.45) is -0.766. The number of rotatable bonds is 3. The van der Waals surface area contributed by atoms with Crippen molar-refractivity contribution in [3.63, 3.8) is 0 Å². The molecule has 1 amide bonds. The molecule has 0 aliphatic carbocycles. The Labute approximate surface area is 134 Å². The van der Waals surface area contributed by atoms with E-state index in [1.54, 1.807) is 12.1 Å². The largest absolute Gasteiger partial charge is 0.485 e. The maximum atomic E-state index is 12.4. The van der Waals surface area contributed by atoms with Gasteiger partial charge in [0, 0.05) is 0 Å². The summed E-state index contributed by atoms with van der Waals surface area (Å²) in [7, 11) is 0. The molecule has 3 aromatic rings. The molecule has 2 aromatic heterocycles. The van der Waals surface area contributed by atoms with E-state index in [-0.39, 0.29) is 18.3 Å². The van der Waals surface area contributed by atoms with Crippen LogP contribution in [0.25, 0.3) is 10.6 Å². The third kappa shape index (κ3) is 2.64. The fourth-order valence-electron chi connectivity index (χ4n) is 2.19. The minimum Gasteiger partial charge on any atom is -0.485 e. The van der Waals surface area contributed by atoms with Gasteiger partial charge < -0.3 is 14.8 Å². The van der Waals surface area contributed by atoms with Crippen LogP contribution in [0.1, 0.15) is 0 Å². The minimum atomic E-state index is -0.766.